The zero-order valence-corrected chi connectivity index (χ0v) is 8.34. The maximum absolute atomic E-state index is 10.2. The Morgan fingerprint density at radius 1 is 1.46 bits per heavy atom. The highest BCUT2D eigenvalue weighted by Gasteiger charge is 2.16. The van der Waals surface area contributed by atoms with E-state index in [1.54, 1.807) is 0 Å². The van der Waals surface area contributed by atoms with Crippen LogP contribution in [0.4, 0.5) is 0 Å². The standard InChI is InChI=1S/C9H19NO3/c1-9(2,4-6-11)7-10-5-3-8(12)13/h10-11H,3-7H2,1-2H3,(H,12,13). The molecule has 0 radical (unpaired) electrons. The van der Waals surface area contributed by atoms with Gasteiger partial charge in [0, 0.05) is 19.7 Å². The molecule has 0 aliphatic heterocycles. The van der Waals surface area contributed by atoms with Crippen LogP contribution in [0.25, 0.3) is 0 Å². The van der Waals surface area contributed by atoms with E-state index < -0.39 is 5.97 Å². The van der Waals surface area contributed by atoms with E-state index in [0.717, 1.165) is 13.0 Å². The van der Waals surface area contributed by atoms with Crippen LogP contribution >= 0.6 is 0 Å². The summed E-state index contributed by atoms with van der Waals surface area (Å²) in [6, 6.07) is 0. The molecular formula is C9H19NO3. The first-order chi connectivity index (χ1) is 5.98. The summed E-state index contributed by atoms with van der Waals surface area (Å²) >= 11 is 0. The summed E-state index contributed by atoms with van der Waals surface area (Å²) in [6.07, 6.45) is 0.877. The lowest BCUT2D eigenvalue weighted by atomic mass is 9.90. The molecule has 13 heavy (non-hydrogen) atoms. The number of aliphatic hydroxyl groups is 1. The van der Waals surface area contributed by atoms with Crippen LogP contribution in [0.2, 0.25) is 0 Å². The predicted molar refractivity (Wildman–Crippen MR) is 50.6 cm³/mol. The van der Waals surface area contributed by atoms with Crippen molar-refractivity contribution >= 4 is 5.97 Å². The van der Waals surface area contributed by atoms with Gasteiger partial charge in [0.15, 0.2) is 0 Å². The average Bonchev–Trinajstić information content (AvgIpc) is 1.98. The quantitative estimate of drug-likeness (QED) is 0.509. The molecule has 4 heteroatoms. The number of rotatable bonds is 7. The molecule has 0 aliphatic carbocycles. The summed E-state index contributed by atoms with van der Waals surface area (Å²) < 4.78 is 0. The Balaban J connectivity index is 3.45. The molecule has 0 rings (SSSR count). The van der Waals surface area contributed by atoms with Gasteiger partial charge in [-0.05, 0) is 11.8 Å². The van der Waals surface area contributed by atoms with Crippen LogP contribution in [0.3, 0.4) is 0 Å². The van der Waals surface area contributed by atoms with Crippen LogP contribution in [0, 0.1) is 5.41 Å². The van der Waals surface area contributed by atoms with Crippen molar-refractivity contribution in [3.05, 3.63) is 0 Å². The Morgan fingerprint density at radius 2 is 2.08 bits per heavy atom. The zero-order chi connectivity index (χ0) is 10.3. The summed E-state index contributed by atoms with van der Waals surface area (Å²) in [5, 5.41) is 20.1. The number of aliphatic carboxylic acids is 1. The van der Waals surface area contributed by atoms with Gasteiger partial charge < -0.3 is 15.5 Å². The van der Waals surface area contributed by atoms with Crippen molar-refractivity contribution in [1.82, 2.24) is 5.32 Å². The number of hydrogen-bond acceptors (Lipinski definition) is 3. The lowest BCUT2D eigenvalue weighted by Crippen LogP contribution is -2.31. The van der Waals surface area contributed by atoms with Crippen LogP contribution in [-0.2, 0) is 4.79 Å². The minimum Gasteiger partial charge on any atom is -0.481 e. The second-order valence-corrected chi connectivity index (χ2v) is 3.96. The summed E-state index contributed by atoms with van der Waals surface area (Å²) in [7, 11) is 0. The van der Waals surface area contributed by atoms with Crippen molar-refractivity contribution in [2.24, 2.45) is 5.41 Å². The van der Waals surface area contributed by atoms with Gasteiger partial charge in [-0.25, -0.2) is 0 Å². The summed E-state index contributed by atoms with van der Waals surface area (Å²) in [5.41, 5.74) is 0.0350. The summed E-state index contributed by atoms with van der Waals surface area (Å²) in [4.78, 5) is 10.2. The van der Waals surface area contributed by atoms with E-state index in [1.807, 2.05) is 13.8 Å². The lowest BCUT2D eigenvalue weighted by molar-refractivity contribution is -0.136. The van der Waals surface area contributed by atoms with Gasteiger partial charge in [-0.2, -0.15) is 0 Å². The Labute approximate surface area is 79.0 Å². The second-order valence-electron chi connectivity index (χ2n) is 3.96. The van der Waals surface area contributed by atoms with Crippen molar-refractivity contribution in [2.75, 3.05) is 19.7 Å². The van der Waals surface area contributed by atoms with Crippen molar-refractivity contribution in [1.29, 1.82) is 0 Å². The third kappa shape index (κ3) is 7.74. The van der Waals surface area contributed by atoms with Gasteiger partial charge in [0.25, 0.3) is 0 Å². The second kappa shape index (κ2) is 5.94. The topological polar surface area (TPSA) is 69.6 Å². The van der Waals surface area contributed by atoms with E-state index in [9.17, 15) is 4.79 Å². The molecule has 0 saturated carbocycles. The average molecular weight is 189 g/mol. The fourth-order valence-corrected chi connectivity index (χ4v) is 1.01. The van der Waals surface area contributed by atoms with E-state index in [0.29, 0.717) is 6.54 Å². The first-order valence-corrected chi connectivity index (χ1v) is 4.51. The van der Waals surface area contributed by atoms with E-state index in [1.165, 1.54) is 0 Å². The molecule has 0 aromatic heterocycles. The molecule has 0 unspecified atom stereocenters. The Bertz CT molecular complexity index is 157. The highest BCUT2D eigenvalue weighted by molar-refractivity contribution is 5.66. The SMILES string of the molecule is CC(C)(CCO)CNCCC(=O)O. The predicted octanol–water partition coefficient (Wildman–Crippen LogP) is 0.459. The molecule has 0 atom stereocenters. The summed E-state index contributed by atoms with van der Waals surface area (Å²) in [5.74, 6) is -0.785. The number of carboxylic acids is 1. The first kappa shape index (κ1) is 12.4. The monoisotopic (exact) mass is 189 g/mol. The van der Waals surface area contributed by atoms with Crippen LogP contribution in [0.15, 0.2) is 0 Å². The molecule has 0 bridgehead atoms. The number of carbonyl (C=O) groups is 1. The number of carboxylic acid groups (broad SMARTS) is 1. The van der Waals surface area contributed by atoms with Crippen LogP contribution < -0.4 is 5.32 Å². The smallest absolute Gasteiger partial charge is 0.304 e. The number of aliphatic hydroxyl groups excluding tert-OH is 1. The minimum atomic E-state index is -0.785. The molecule has 0 aliphatic rings. The third-order valence-electron chi connectivity index (χ3n) is 1.91. The third-order valence-corrected chi connectivity index (χ3v) is 1.91. The van der Waals surface area contributed by atoms with Crippen molar-refractivity contribution in [2.45, 2.75) is 26.7 Å². The Morgan fingerprint density at radius 3 is 2.54 bits per heavy atom. The molecule has 3 N–H and O–H groups in total. The van der Waals surface area contributed by atoms with Crippen LogP contribution in [0.1, 0.15) is 26.7 Å². The molecule has 4 nitrogen and oxygen atoms in total. The zero-order valence-electron chi connectivity index (χ0n) is 8.34. The first-order valence-electron chi connectivity index (χ1n) is 4.51. The van der Waals surface area contributed by atoms with Crippen LogP contribution in [0.5, 0.6) is 0 Å². The van der Waals surface area contributed by atoms with Crippen molar-refractivity contribution in [3.63, 3.8) is 0 Å². The van der Waals surface area contributed by atoms with Gasteiger partial charge in [0.05, 0.1) is 6.42 Å². The van der Waals surface area contributed by atoms with Gasteiger partial charge in [0.2, 0.25) is 0 Å². The molecule has 0 heterocycles. The van der Waals surface area contributed by atoms with E-state index in [4.69, 9.17) is 10.2 Å². The summed E-state index contributed by atoms with van der Waals surface area (Å²) in [6.45, 7) is 5.48. The molecule has 0 fully saturated rings. The molecule has 0 spiro atoms. The molecule has 0 aromatic carbocycles. The van der Waals surface area contributed by atoms with E-state index in [-0.39, 0.29) is 18.4 Å². The van der Waals surface area contributed by atoms with E-state index in [2.05, 4.69) is 5.32 Å². The normalized spacial score (nSPS) is 11.6. The van der Waals surface area contributed by atoms with Crippen molar-refractivity contribution < 1.29 is 15.0 Å². The maximum Gasteiger partial charge on any atom is 0.304 e. The number of nitrogens with one attached hydrogen (secondary N) is 1. The highest BCUT2D eigenvalue weighted by atomic mass is 16.4. The number of hydrogen-bond donors (Lipinski definition) is 3. The molecule has 0 aromatic rings. The largest absolute Gasteiger partial charge is 0.481 e. The van der Waals surface area contributed by atoms with Crippen molar-refractivity contribution in [3.8, 4) is 0 Å². The van der Waals surface area contributed by atoms with Gasteiger partial charge in [-0.3, -0.25) is 4.79 Å². The fourth-order valence-electron chi connectivity index (χ4n) is 1.01. The minimum absolute atomic E-state index is 0.0350. The highest BCUT2D eigenvalue weighted by Crippen LogP contribution is 2.17. The van der Waals surface area contributed by atoms with Gasteiger partial charge in [0.1, 0.15) is 0 Å². The van der Waals surface area contributed by atoms with Gasteiger partial charge in [-0.15, -0.1) is 0 Å². The fraction of sp³-hybridized carbons (Fsp3) is 0.889. The lowest BCUT2D eigenvalue weighted by Gasteiger charge is -2.23. The Kier molecular flexibility index (Phi) is 5.66. The molecular weight excluding hydrogens is 170 g/mol. The van der Waals surface area contributed by atoms with Crippen LogP contribution in [-0.4, -0.2) is 35.9 Å². The van der Waals surface area contributed by atoms with Gasteiger partial charge in [-0.1, -0.05) is 13.8 Å². The molecule has 0 saturated heterocycles. The Hall–Kier alpha value is -0.610. The van der Waals surface area contributed by atoms with Gasteiger partial charge >= 0.3 is 5.97 Å². The molecule has 0 amide bonds. The maximum atomic E-state index is 10.2. The molecule has 78 valence electrons. The van der Waals surface area contributed by atoms with E-state index >= 15 is 0 Å².